The molecule has 0 aliphatic rings. The molecule has 0 unspecified atom stereocenters. The van der Waals surface area contributed by atoms with Crippen molar-refractivity contribution in [3.63, 3.8) is 0 Å². The van der Waals surface area contributed by atoms with Gasteiger partial charge in [0, 0.05) is 9.50 Å². The maximum Gasteiger partial charge on any atom is 0.262 e. The highest BCUT2D eigenvalue weighted by molar-refractivity contribution is 9.10. The fourth-order valence-electron chi connectivity index (χ4n) is 1.73. The van der Waals surface area contributed by atoms with Gasteiger partial charge in [0.05, 0.1) is 21.3 Å². The van der Waals surface area contributed by atoms with E-state index in [4.69, 9.17) is 28.9 Å². The van der Waals surface area contributed by atoms with E-state index in [2.05, 4.69) is 20.7 Å². The molecule has 2 rings (SSSR count). The van der Waals surface area contributed by atoms with Crippen LogP contribution in [0.15, 0.2) is 39.7 Å². The van der Waals surface area contributed by atoms with E-state index < -0.39 is 10.0 Å². The van der Waals surface area contributed by atoms with Gasteiger partial charge in [0.25, 0.3) is 10.0 Å². The molecule has 8 heteroatoms. The van der Waals surface area contributed by atoms with E-state index in [9.17, 15) is 8.42 Å². The summed E-state index contributed by atoms with van der Waals surface area (Å²) in [7, 11) is -3.80. The van der Waals surface area contributed by atoms with Crippen LogP contribution in [0.2, 0.25) is 10.0 Å². The zero-order valence-electron chi connectivity index (χ0n) is 10.8. The Morgan fingerprint density at radius 2 is 1.86 bits per heavy atom. The molecule has 21 heavy (non-hydrogen) atoms. The predicted octanol–water partition coefficient (Wildman–Crippen LogP) is 4.45. The highest BCUT2D eigenvalue weighted by Gasteiger charge is 2.19. The Bertz CT molecular complexity index is 810. The molecule has 0 aliphatic heterocycles. The fourth-order valence-corrected chi connectivity index (χ4v) is 3.93. The maximum absolute atomic E-state index is 12.5. The van der Waals surface area contributed by atoms with E-state index in [1.54, 1.807) is 19.1 Å². The average Bonchev–Trinajstić information content (AvgIpc) is 2.37. The third-order valence-electron chi connectivity index (χ3n) is 2.76. The molecule has 2 aromatic rings. The summed E-state index contributed by atoms with van der Waals surface area (Å²) in [6.07, 6.45) is 0. The van der Waals surface area contributed by atoms with Crippen LogP contribution in [0.25, 0.3) is 0 Å². The van der Waals surface area contributed by atoms with Crippen molar-refractivity contribution in [2.45, 2.75) is 11.8 Å². The molecule has 0 heterocycles. The van der Waals surface area contributed by atoms with Crippen LogP contribution in [-0.4, -0.2) is 8.42 Å². The van der Waals surface area contributed by atoms with Gasteiger partial charge >= 0.3 is 0 Å². The predicted molar refractivity (Wildman–Crippen MR) is 90.6 cm³/mol. The van der Waals surface area contributed by atoms with Crippen molar-refractivity contribution in [2.75, 3.05) is 10.5 Å². The summed E-state index contributed by atoms with van der Waals surface area (Å²) >= 11 is 15.0. The van der Waals surface area contributed by atoms with Crippen LogP contribution in [0.4, 0.5) is 11.4 Å². The van der Waals surface area contributed by atoms with Gasteiger partial charge in [-0.25, -0.2) is 8.42 Å². The summed E-state index contributed by atoms with van der Waals surface area (Å²) in [5.74, 6) is 0. The molecule has 0 spiro atoms. The summed E-state index contributed by atoms with van der Waals surface area (Å²) in [6.45, 7) is 1.65. The van der Waals surface area contributed by atoms with Crippen LogP contribution in [-0.2, 0) is 10.0 Å². The molecule has 0 bridgehead atoms. The molecule has 0 amide bonds. The summed E-state index contributed by atoms with van der Waals surface area (Å²) in [6, 6.07) is 7.66. The monoisotopic (exact) mass is 408 g/mol. The van der Waals surface area contributed by atoms with Gasteiger partial charge in [-0.2, -0.15) is 0 Å². The molecule has 4 nitrogen and oxygen atoms in total. The third-order valence-corrected chi connectivity index (χ3v) is 5.52. The number of hydrogen-bond donors (Lipinski definition) is 2. The summed E-state index contributed by atoms with van der Waals surface area (Å²) < 4.78 is 28.0. The number of anilines is 2. The highest BCUT2D eigenvalue weighted by atomic mass is 79.9. The second-order valence-corrected chi connectivity index (χ2v) is 7.72. The standard InChI is InChI=1S/C13H11BrCl2N2O2S/c1-7-4-10(16)11(17)6-13(7)21(19,20)18-12-5-8(15)2-3-9(12)14/h2-6,18H,17H2,1H3. The fraction of sp³-hybridized carbons (Fsp3) is 0.0769. The van der Waals surface area contributed by atoms with Crippen LogP contribution >= 0.6 is 39.1 Å². The second kappa shape index (κ2) is 6.04. The van der Waals surface area contributed by atoms with Crippen LogP contribution in [0.3, 0.4) is 0 Å². The van der Waals surface area contributed by atoms with Crippen molar-refractivity contribution in [1.82, 2.24) is 0 Å². The second-order valence-electron chi connectivity index (χ2n) is 4.37. The first-order valence-corrected chi connectivity index (χ1v) is 8.77. The molecular formula is C13H11BrCl2N2O2S. The summed E-state index contributed by atoms with van der Waals surface area (Å²) in [5.41, 5.74) is 6.72. The van der Waals surface area contributed by atoms with Crippen LogP contribution < -0.4 is 10.5 Å². The van der Waals surface area contributed by atoms with Gasteiger partial charge in [-0.05, 0) is 58.7 Å². The van der Waals surface area contributed by atoms with E-state index in [0.29, 0.717) is 25.8 Å². The lowest BCUT2D eigenvalue weighted by Gasteiger charge is -2.13. The highest BCUT2D eigenvalue weighted by Crippen LogP contribution is 2.31. The molecule has 3 N–H and O–H groups in total. The van der Waals surface area contributed by atoms with Crippen LogP contribution in [0, 0.1) is 6.92 Å². The molecule has 2 aromatic carbocycles. The normalized spacial score (nSPS) is 11.4. The lowest BCUT2D eigenvalue weighted by molar-refractivity contribution is 0.600. The topological polar surface area (TPSA) is 72.2 Å². The van der Waals surface area contributed by atoms with Crippen molar-refractivity contribution < 1.29 is 8.42 Å². The smallest absolute Gasteiger partial charge is 0.262 e. The zero-order chi connectivity index (χ0) is 15.8. The van der Waals surface area contributed by atoms with Gasteiger partial charge in [0.2, 0.25) is 0 Å². The van der Waals surface area contributed by atoms with Gasteiger partial charge in [0.1, 0.15) is 0 Å². The Kier molecular flexibility index (Phi) is 4.72. The molecule has 0 aliphatic carbocycles. The Balaban J connectivity index is 2.48. The van der Waals surface area contributed by atoms with Crippen LogP contribution in [0.1, 0.15) is 5.56 Å². The zero-order valence-corrected chi connectivity index (χ0v) is 14.7. The lowest BCUT2D eigenvalue weighted by Crippen LogP contribution is -2.15. The molecule has 0 saturated carbocycles. The minimum absolute atomic E-state index is 0.0660. The lowest BCUT2D eigenvalue weighted by atomic mass is 10.2. The number of nitrogens with one attached hydrogen (secondary N) is 1. The Labute approximate surface area is 141 Å². The number of rotatable bonds is 3. The molecule has 0 fully saturated rings. The number of nitrogens with two attached hydrogens (primary N) is 1. The molecule has 0 radical (unpaired) electrons. The Morgan fingerprint density at radius 1 is 1.19 bits per heavy atom. The minimum atomic E-state index is -3.80. The van der Waals surface area contributed by atoms with Gasteiger partial charge in [-0.3, -0.25) is 4.72 Å². The first-order valence-electron chi connectivity index (χ1n) is 5.74. The van der Waals surface area contributed by atoms with E-state index in [0.717, 1.165) is 0 Å². The number of sulfonamides is 1. The number of hydrogen-bond acceptors (Lipinski definition) is 3. The number of benzene rings is 2. The molecule has 0 saturated heterocycles. The number of halogens is 3. The quantitative estimate of drug-likeness (QED) is 0.735. The largest absolute Gasteiger partial charge is 0.397 e. The van der Waals surface area contributed by atoms with E-state index in [1.165, 1.54) is 18.2 Å². The van der Waals surface area contributed by atoms with Crippen molar-refractivity contribution in [1.29, 1.82) is 0 Å². The molecule has 0 aromatic heterocycles. The molecule has 0 atom stereocenters. The summed E-state index contributed by atoms with van der Waals surface area (Å²) in [5, 5.41) is 0.735. The Hall–Kier alpha value is -0.950. The first kappa shape index (κ1) is 16.4. The van der Waals surface area contributed by atoms with E-state index in [-0.39, 0.29) is 10.6 Å². The van der Waals surface area contributed by atoms with Gasteiger partial charge in [-0.15, -0.1) is 0 Å². The first-order chi connectivity index (χ1) is 9.70. The number of nitrogen functional groups attached to an aromatic ring is 1. The van der Waals surface area contributed by atoms with E-state index in [1.807, 2.05) is 0 Å². The summed E-state index contributed by atoms with van der Waals surface area (Å²) in [4.78, 5) is 0.0660. The molecule has 112 valence electrons. The number of aryl methyl sites for hydroxylation is 1. The minimum Gasteiger partial charge on any atom is -0.397 e. The Morgan fingerprint density at radius 3 is 2.52 bits per heavy atom. The van der Waals surface area contributed by atoms with Gasteiger partial charge in [0.15, 0.2) is 0 Å². The van der Waals surface area contributed by atoms with Crippen molar-refractivity contribution in [2.24, 2.45) is 0 Å². The maximum atomic E-state index is 12.5. The molecular weight excluding hydrogens is 399 g/mol. The van der Waals surface area contributed by atoms with Gasteiger partial charge in [-0.1, -0.05) is 23.2 Å². The van der Waals surface area contributed by atoms with Crippen molar-refractivity contribution in [3.8, 4) is 0 Å². The third kappa shape index (κ3) is 3.63. The van der Waals surface area contributed by atoms with Crippen molar-refractivity contribution in [3.05, 3.63) is 50.4 Å². The SMILES string of the molecule is Cc1cc(Cl)c(N)cc1S(=O)(=O)Nc1cc(Cl)ccc1Br. The average molecular weight is 410 g/mol. The van der Waals surface area contributed by atoms with Crippen LogP contribution in [0.5, 0.6) is 0 Å². The van der Waals surface area contributed by atoms with E-state index >= 15 is 0 Å². The van der Waals surface area contributed by atoms with Crippen molar-refractivity contribution >= 4 is 60.5 Å². The van der Waals surface area contributed by atoms with Gasteiger partial charge < -0.3 is 5.73 Å².